The Hall–Kier alpha value is -1.99. The van der Waals surface area contributed by atoms with Gasteiger partial charge in [0.05, 0.1) is 12.2 Å². The van der Waals surface area contributed by atoms with Crippen molar-refractivity contribution in [1.29, 1.82) is 0 Å². The van der Waals surface area contributed by atoms with Crippen LogP contribution in [0.2, 0.25) is 0 Å². The SMILES string of the molecule is O=C(OC[C@H](O)CO)c1cc(O)c(O)c(O)c1. The Morgan fingerprint density at radius 2 is 1.76 bits per heavy atom. The second-order valence-electron chi connectivity index (χ2n) is 3.30. The van der Waals surface area contributed by atoms with Crippen LogP contribution < -0.4 is 0 Å². The van der Waals surface area contributed by atoms with Crippen molar-refractivity contribution < 1.29 is 35.1 Å². The second kappa shape index (κ2) is 5.37. The summed E-state index contributed by atoms with van der Waals surface area (Å²) in [6.45, 7) is -0.975. The fourth-order valence-corrected chi connectivity index (χ4v) is 1.03. The zero-order valence-corrected chi connectivity index (χ0v) is 8.70. The minimum absolute atomic E-state index is 0.192. The number of esters is 1. The first-order valence-electron chi connectivity index (χ1n) is 4.66. The molecule has 1 rings (SSSR count). The lowest BCUT2D eigenvalue weighted by atomic mass is 10.2. The van der Waals surface area contributed by atoms with Gasteiger partial charge in [0, 0.05) is 0 Å². The summed E-state index contributed by atoms with van der Waals surface area (Å²) in [6.07, 6.45) is -1.20. The molecule has 0 bridgehead atoms. The van der Waals surface area contributed by atoms with Crippen LogP contribution in [0, 0.1) is 0 Å². The number of phenolic OH excluding ortho intramolecular Hbond substituents is 3. The lowest BCUT2D eigenvalue weighted by Crippen LogP contribution is -2.21. The summed E-state index contributed by atoms with van der Waals surface area (Å²) < 4.78 is 4.58. The number of ether oxygens (including phenoxy) is 1. The third-order valence-corrected chi connectivity index (χ3v) is 1.92. The minimum atomic E-state index is -1.20. The Balaban J connectivity index is 2.76. The van der Waals surface area contributed by atoms with Crippen LogP contribution >= 0.6 is 0 Å². The highest BCUT2D eigenvalue weighted by Crippen LogP contribution is 2.35. The number of rotatable bonds is 4. The molecule has 0 amide bonds. The maximum atomic E-state index is 11.4. The highest BCUT2D eigenvalue weighted by atomic mass is 16.5. The number of phenols is 3. The molecule has 94 valence electrons. The lowest BCUT2D eigenvalue weighted by molar-refractivity contribution is 0.00928. The topological polar surface area (TPSA) is 127 Å². The summed E-state index contributed by atoms with van der Waals surface area (Å²) in [5.74, 6) is -2.99. The summed E-state index contributed by atoms with van der Waals surface area (Å²) >= 11 is 0. The van der Waals surface area contributed by atoms with E-state index in [4.69, 9.17) is 25.5 Å². The average Bonchev–Trinajstić information content (AvgIpc) is 2.31. The van der Waals surface area contributed by atoms with Gasteiger partial charge in [-0.2, -0.15) is 0 Å². The van der Waals surface area contributed by atoms with E-state index in [0.717, 1.165) is 12.1 Å². The molecule has 1 atom stereocenters. The van der Waals surface area contributed by atoms with Gasteiger partial charge in [-0.25, -0.2) is 4.79 Å². The van der Waals surface area contributed by atoms with E-state index in [1.54, 1.807) is 0 Å². The van der Waals surface area contributed by atoms with Gasteiger partial charge in [0.15, 0.2) is 17.2 Å². The molecule has 5 N–H and O–H groups in total. The fourth-order valence-electron chi connectivity index (χ4n) is 1.03. The van der Waals surface area contributed by atoms with E-state index < -0.39 is 42.5 Å². The van der Waals surface area contributed by atoms with Crippen molar-refractivity contribution in [3.8, 4) is 17.2 Å². The average molecular weight is 244 g/mol. The Labute approximate surface area is 96.1 Å². The zero-order valence-electron chi connectivity index (χ0n) is 8.70. The smallest absolute Gasteiger partial charge is 0.338 e. The highest BCUT2D eigenvalue weighted by molar-refractivity contribution is 5.91. The van der Waals surface area contributed by atoms with E-state index in [1.807, 2.05) is 0 Å². The molecule has 0 aliphatic heterocycles. The summed E-state index contributed by atoms with van der Waals surface area (Å²) in [7, 11) is 0. The van der Waals surface area contributed by atoms with Gasteiger partial charge in [0.25, 0.3) is 0 Å². The molecule has 0 radical (unpaired) electrons. The lowest BCUT2D eigenvalue weighted by Gasteiger charge is -2.09. The predicted octanol–water partition coefficient (Wildman–Crippen LogP) is -0.687. The summed E-state index contributed by atoms with van der Waals surface area (Å²) in [6, 6.07) is 1.81. The van der Waals surface area contributed by atoms with Crippen LogP contribution in [0.4, 0.5) is 0 Å². The van der Waals surface area contributed by atoms with Crippen LogP contribution in [0.15, 0.2) is 12.1 Å². The van der Waals surface area contributed by atoms with E-state index in [-0.39, 0.29) is 5.56 Å². The molecule has 7 heteroatoms. The van der Waals surface area contributed by atoms with E-state index >= 15 is 0 Å². The van der Waals surface area contributed by atoms with Gasteiger partial charge in [-0.05, 0) is 12.1 Å². The number of aliphatic hydroxyl groups excluding tert-OH is 2. The first kappa shape index (κ1) is 13.1. The molecule has 0 unspecified atom stereocenters. The third-order valence-electron chi connectivity index (χ3n) is 1.92. The number of carbonyl (C=O) groups excluding carboxylic acids is 1. The summed E-state index contributed by atoms with van der Waals surface area (Å²) in [5.41, 5.74) is -0.192. The van der Waals surface area contributed by atoms with Crippen LogP contribution in [0.5, 0.6) is 17.2 Å². The van der Waals surface area contributed by atoms with Crippen molar-refractivity contribution in [2.45, 2.75) is 6.10 Å². The molecule has 0 aromatic heterocycles. The largest absolute Gasteiger partial charge is 0.504 e. The predicted molar refractivity (Wildman–Crippen MR) is 54.8 cm³/mol. The first-order valence-corrected chi connectivity index (χ1v) is 4.66. The van der Waals surface area contributed by atoms with Crippen molar-refractivity contribution in [2.24, 2.45) is 0 Å². The van der Waals surface area contributed by atoms with Crippen LogP contribution in [-0.4, -0.2) is 50.8 Å². The van der Waals surface area contributed by atoms with Crippen LogP contribution in [0.25, 0.3) is 0 Å². The van der Waals surface area contributed by atoms with Crippen molar-refractivity contribution >= 4 is 5.97 Å². The van der Waals surface area contributed by atoms with Crippen molar-refractivity contribution in [3.63, 3.8) is 0 Å². The van der Waals surface area contributed by atoms with Gasteiger partial charge in [0.2, 0.25) is 0 Å². The van der Waals surface area contributed by atoms with Gasteiger partial charge in [-0.3, -0.25) is 0 Å². The van der Waals surface area contributed by atoms with E-state index in [2.05, 4.69) is 4.74 Å². The molecule has 7 nitrogen and oxygen atoms in total. The van der Waals surface area contributed by atoms with Crippen molar-refractivity contribution in [2.75, 3.05) is 13.2 Å². The quantitative estimate of drug-likeness (QED) is 0.350. The van der Waals surface area contributed by atoms with Crippen LogP contribution in [0.1, 0.15) is 10.4 Å². The maximum absolute atomic E-state index is 11.4. The molecule has 1 aromatic carbocycles. The Morgan fingerprint density at radius 3 is 2.24 bits per heavy atom. The van der Waals surface area contributed by atoms with E-state index in [9.17, 15) is 4.79 Å². The molecule has 1 aromatic rings. The van der Waals surface area contributed by atoms with Gasteiger partial charge in [0.1, 0.15) is 12.7 Å². The Morgan fingerprint density at radius 1 is 1.24 bits per heavy atom. The van der Waals surface area contributed by atoms with Crippen molar-refractivity contribution in [3.05, 3.63) is 17.7 Å². The number of carbonyl (C=O) groups is 1. The second-order valence-corrected chi connectivity index (χ2v) is 3.30. The number of hydrogen-bond acceptors (Lipinski definition) is 7. The summed E-state index contributed by atoms with van der Waals surface area (Å²) in [4.78, 5) is 11.4. The Bertz CT molecular complexity index is 392. The molecule has 0 spiro atoms. The molecule has 0 fully saturated rings. The molecule has 17 heavy (non-hydrogen) atoms. The van der Waals surface area contributed by atoms with E-state index in [0.29, 0.717) is 0 Å². The molecule has 0 saturated heterocycles. The number of hydrogen-bond donors (Lipinski definition) is 5. The monoisotopic (exact) mass is 244 g/mol. The maximum Gasteiger partial charge on any atom is 0.338 e. The van der Waals surface area contributed by atoms with Gasteiger partial charge in [-0.15, -0.1) is 0 Å². The van der Waals surface area contributed by atoms with Crippen LogP contribution in [0.3, 0.4) is 0 Å². The zero-order chi connectivity index (χ0) is 13.0. The number of aliphatic hydroxyl groups is 2. The van der Waals surface area contributed by atoms with Crippen molar-refractivity contribution in [1.82, 2.24) is 0 Å². The molecular formula is C10H12O7. The molecule has 0 aliphatic rings. The molecule has 0 aliphatic carbocycles. The minimum Gasteiger partial charge on any atom is -0.504 e. The molecule has 0 saturated carbocycles. The Kier molecular flexibility index (Phi) is 4.13. The summed E-state index contributed by atoms with van der Waals surface area (Å²) in [5, 5.41) is 44.8. The fraction of sp³-hybridized carbons (Fsp3) is 0.300. The van der Waals surface area contributed by atoms with Crippen LogP contribution in [-0.2, 0) is 4.74 Å². The van der Waals surface area contributed by atoms with Gasteiger partial charge in [-0.1, -0.05) is 0 Å². The molecular weight excluding hydrogens is 232 g/mol. The van der Waals surface area contributed by atoms with Gasteiger partial charge < -0.3 is 30.3 Å². The van der Waals surface area contributed by atoms with E-state index in [1.165, 1.54) is 0 Å². The first-order chi connectivity index (χ1) is 7.95. The van der Waals surface area contributed by atoms with Gasteiger partial charge >= 0.3 is 5.97 Å². The third kappa shape index (κ3) is 3.23. The molecule has 0 heterocycles. The number of benzene rings is 1. The standard InChI is InChI=1S/C10H12O7/c11-3-6(12)4-17-10(16)5-1-7(13)9(15)8(14)2-5/h1-2,6,11-15H,3-4H2/t6-/m1/s1. The highest BCUT2D eigenvalue weighted by Gasteiger charge is 2.15. The number of aromatic hydroxyl groups is 3. The normalized spacial score (nSPS) is 12.1.